The first-order chi connectivity index (χ1) is 8.24. The van der Waals surface area contributed by atoms with E-state index < -0.39 is 10.0 Å². The Morgan fingerprint density at radius 2 is 2.00 bits per heavy atom. The summed E-state index contributed by atoms with van der Waals surface area (Å²) in [4.78, 5) is 2.24. The fourth-order valence-corrected chi connectivity index (χ4v) is 3.63. The van der Waals surface area contributed by atoms with Crippen LogP contribution in [0.1, 0.15) is 12.5 Å². The van der Waals surface area contributed by atoms with Crippen molar-refractivity contribution in [3.8, 4) is 0 Å². The summed E-state index contributed by atoms with van der Waals surface area (Å²) >= 11 is 3.29. The van der Waals surface area contributed by atoms with Gasteiger partial charge in [0.25, 0.3) is 0 Å². The summed E-state index contributed by atoms with van der Waals surface area (Å²) in [5.41, 5.74) is 1.02. The van der Waals surface area contributed by atoms with E-state index in [0.717, 1.165) is 5.56 Å². The predicted octanol–water partition coefficient (Wildman–Crippen LogP) is 1.99. The van der Waals surface area contributed by atoms with Gasteiger partial charge in [0.2, 0.25) is 10.0 Å². The Morgan fingerprint density at radius 1 is 1.39 bits per heavy atom. The molecule has 0 aromatic heterocycles. The molecule has 102 valence electrons. The number of halogens is 1. The molecular weight excluding hydrogens is 316 g/mol. The van der Waals surface area contributed by atoms with Crippen molar-refractivity contribution < 1.29 is 8.42 Å². The minimum absolute atomic E-state index is 0.143. The van der Waals surface area contributed by atoms with Gasteiger partial charge in [-0.25, -0.2) is 13.1 Å². The van der Waals surface area contributed by atoms with Gasteiger partial charge in [-0.05, 0) is 61.6 Å². The second-order valence-corrected chi connectivity index (χ2v) is 7.19. The zero-order valence-corrected chi connectivity index (χ0v) is 13.5. The number of likely N-dealkylation sites (N-methyl/N-ethyl adjacent to an activating group) is 1. The molecule has 0 saturated heterocycles. The fourth-order valence-electron chi connectivity index (χ4n) is 1.31. The lowest BCUT2D eigenvalue weighted by atomic mass is 10.2. The average molecular weight is 335 g/mol. The van der Waals surface area contributed by atoms with Gasteiger partial charge < -0.3 is 4.90 Å². The first kappa shape index (κ1) is 15.6. The monoisotopic (exact) mass is 334 g/mol. The third kappa shape index (κ3) is 4.05. The van der Waals surface area contributed by atoms with E-state index in [2.05, 4.69) is 20.7 Å². The van der Waals surface area contributed by atoms with Crippen molar-refractivity contribution in [2.45, 2.75) is 24.8 Å². The molecule has 1 rings (SSSR count). The van der Waals surface area contributed by atoms with Gasteiger partial charge in [-0.2, -0.15) is 0 Å². The van der Waals surface area contributed by atoms with Gasteiger partial charge in [0, 0.05) is 17.1 Å². The molecule has 0 bridgehead atoms. The van der Waals surface area contributed by atoms with Crippen LogP contribution in [-0.2, 0) is 10.0 Å². The van der Waals surface area contributed by atoms with Gasteiger partial charge >= 0.3 is 0 Å². The molecule has 18 heavy (non-hydrogen) atoms. The molecule has 1 atom stereocenters. The maximum Gasteiger partial charge on any atom is 0.241 e. The van der Waals surface area contributed by atoms with Gasteiger partial charge in [-0.1, -0.05) is 6.07 Å². The molecule has 1 N–H and O–H groups in total. The van der Waals surface area contributed by atoms with Crippen LogP contribution in [0.3, 0.4) is 0 Å². The van der Waals surface area contributed by atoms with Crippen LogP contribution >= 0.6 is 15.9 Å². The molecule has 0 spiro atoms. The second-order valence-electron chi connectivity index (χ2n) is 4.60. The molecule has 0 aliphatic rings. The summed E-state index contributed by atoms with van der Waals surface area (Å²) in [6.07, 6.45) is 0. The number of hydrogen-bond donors (Lipinski definition) is 1. The Bertz CT molecular complexity index is 515. The minimum Gasteiger partial charge on any atom is -0.305 e. The van der Waals surface area contributed by atoms with Crippen LogP contribution in [0.2, 0.25) is 0 Å². The minimum atomic E-state index is -3.46. The molecule has 6 heteroatoms. The molecule has 0 fully saturated rings. The lowest BCUT2D eigenvalue weighted by molar-refractivity contribution is 0.314. The van der Waals surface area contributed by atoms with Crippen molar-refractivity contribution in [2.24, 2.45) is 0 Å². The van der Waals surface area contributed by atoms with Crippen LogP contribution in [0.25, 0.3) is 0 Å². The largest absolute Gasteiger partial charge is 0.305 e. The highest BCUT2D eigenvalue weighted by molar-refractivity contribution is 9.10. The van der Waals surface area contributed by atoms with Crippen LogP contribution in [-0.4, -0.2) is 40.0 Å². The van der Waals surface area contributed by atoms with Crippen LogP contribution in [0, 0.1) is 6.92 Å². The Kier molecular flexibility index (Phi) is 5.33. The molecule has 0 amide bonds. The van der Waals surface area contributed by atoms with Gasteiger partial charge in [-0.15, -0.1) is 0 Å². The van der Waals surface area contributed by atoms with Crippen LogP contribution in [0.15, 0.2) is 27.6 Å². The lowest BCUT2D eigenvalue weighted by Gasteiger charge is -2.20. The Balaban J connectivity index is 2.87. The number of aryl methyl sites for hydroxylation is 1. The van der Waals surface area contributed by atoms with E-state index in [1.54, 1.807) is 18.2 Å². The molecule has 0 radical (unpaired) electrons. The van der Waals surface area contributed by atoms with Gasteiger partial charge in [0.1, 0.15) is 0 Å². The predicted molar refractivity (Wildman–Crippen MR) is 77.2 cm³/mol. The molecule has 0 saturated carbocycles. The van der Waals surface area contributed by atoms with Crippen molar-refractivity contribution in [1.29, 1.82) is 0 Å². The van der Waals surface area contributed by atoms with Crippen LogP contribution in [0.4, 0.5) is 0 Å². The average Bonchev–Trinajstić information content (AvgIpc) is 2.25. The van der Waals surface area contributed by atoms with Crippen molar-refractivity contribution in [3.63, 3.8) is 0 Å². The number of nitrogens with one attached hydrogen (secondary N) is 1. The Hall–Kier alpha value is -0.430. The van der Waals surface area contributed by atoms with E-state index >= 15 is 0 Å². The fraction of sp³-hybridized carbons (Fsp3) is 0.500. The summed E-state index contributed by atoms with van der Waals surface area (Å²) in [5, 5.41) is 0. The highest BCUT2D eigenvalue weighted by atomic mass is 79.9. The maximum atomic E-state index is 12.1. The van der Waals surface area contributed by atoms with Crippen molar-refractivity contribution in [2.75, 3.05) is 20.6 Å². The molecule has 1 aromatic carbocycles. The molecule has 0 aliphatic heterocycles. The van der Waals surface area contributed by atoms with E-state index in [-0.39, 0.29) is 10.9 Å². The molecule has 0 aliphatic carbocycles. The second kappa shape index (κ2) is 6.14. The van der Waals surface area contributed by atoms with E-state index in [9.17, 15) is 8.42 Å². The summed E-state index contributed by atoms with van der Waals surface area (Å²) in [5.74, 6) is 0. The van der Waals surface area contributed by atoms with Gasteiger partial charge in [0.05, 0.1) is 4.90 Å². The van der Waals surface area contributed by atoms with E-state index in [4.69, 9.17) is 0 Å². The lowest BCUT2D eigenvalue weighted by Crippen LogP contribution is -2.38. The summed E-state index contributed by atoms with van der Waals surface area (Å²) in [6, 6.07) is 5.34. The zero-order chi connectivity index (χ0) is 13.9. The number of sulfonamides is 1. The SMILES string of the molecule is Cc1ccc(S(=O)(=O)NCC(C)N(C)C)c(Br)c1. The normalized spacial score (nSPS) is 13.9. The van der Waals surface area contributed by atoms with Crippen molar-refractivity contribution >= 4 is 26.0 Å². The maximum absolute atomic E-state index is 12.1. The molecular formula is C12H19BrN2O2S. The van der Waals surface area contributed by atoms with Gasteiger partial charge in [-0.3, -0.25) is 0 Å². The van der Waals surface area contributed by atoms with Crippen molar-refractivity contribution in [1.82, 2.24) is 9.62 Å². The quantitative estimate of drug-likeness (QED) is 0.895. The third-order valence-electron chi connectivity index (χ3n) is 2.83. The third-order valence-corrected chi connectivity index (χ3v) is 5.23. The summed E-state index contributed by atoms with van der Waals surface area (Å²) in [6.45, 7) is 4.27. The summed E-state index contributed by atoms with van der Waals surface area (Å²) < 4.78 is 27.5. The molecule has 1 unspecified atom stereocenters. The highest BCUT2D eigenvalue weighted by Crippen LogP contribution is 2.22. The Morgan fingerprint density at radius 3 is 2.50 bits per heavy atom. The van der Waals surface area contributed by atoms with Crippen molar-refractivity contribution in [3.05, 3.63) is 28.2 Å². The van der Waals surface area contributed by atoms with E-state index in [1.807, 2.05) is 32.8 Å². The highest BCUT2D eigenvalue weighted by Gasteiger charge is 2.18. The molecule has 1 aromatic rings. The number of rotatable bonds is 5. The smallest absolute Gasteiger partial charge is 0.241 e. The number of hydrogen-bond acceptors (Lipinski definition) is 3. The van der Waals surface area contributed by atoms with E-state index in [1.165, 1.54) is 0 Å². The first-order valence-corrected chi connectivity index (χ1v) is 7.94. The van der Waals surface area contributed by atoms with Gasteiger partial charge in [0.15, 0.2) is 0 Å². The van der Waals surface area contributed by atoms with Crippen LogP contribution in [0.5, 0.6) is 0 Å². The molecule has 0 heterocycles. The van der Waals surface area contributed by atoms with Crippen LogP contribution < -0.4 is 4.72 Å². The molecule has 4 nitrogen and oxygen atoms in total. The number of benzene rings is 1. The summed E-state index contributed by atoms with van der Waals surface area (Å²) in [7, 11) is 0.375. The Labute approximate surface area is 118 Å². The zero-order valence-electron chi connectivity index (χ0n) is 11.1. The topological polar surface area (TPSA) is 49.4 Å². The number of nitrogens with zero attached hydrogens (tertiary/aromatic N) is 1. The first-order valence-electron chi connectivity index (χ1n) is 5.66. The van der Waals surface area contributed by atoms with E-state index in [0.29, 0.717) is 11.0 Å². The standard InChI is InChI=1S/C12H19BrN2O2S/c1-9-5-6-12(11(13)7-9)18(16,17)14-8-10(2)15(3)4/h5-7,10,14H,8H2,1-4H3.